The molecular weight excluding hydrogens is 390 g/mol. The van der Waals surface area contributed by atoms with Gasteiger partial charge in [-0.1, -0.05) is 26.0 Å². The van der Waals surface area contributed by atoms with E-state index in [1.54, 1.807) is 19.1 Å². The minimum absolute atomic E-state index is 0.0366. The van der Waals surface area contributed by atoms with Crippen LogP contribution in [0.25, 0.3) is 0 Å². The lowest BCUT2D eigenvalue weighted by molar-refractivity contribution is -0.385. The van der Waals surface area contributed by atoms with Gasteiger partial charge in [-0.15, -0.1) is 0 Å². The Bertz CT molecular complexity index is 912. The first kappa shape index (κ1) is 22.7. The Balaban J connectivity index is 1.96. The fourth-order valence-electron chi connectivity index (χ4n) is 2.57. The minimum atomic E-state index is -0.613. The van der Waals surface area contributed by atoms with E-state index in [4.69, 9.17) is 9.47 Å². The number of hydrogen-bond donors (Lipinski definition) is 2. The second-order valence-electron chi connectivity index (χ2n) is 6.53. The van der Waals surface area contributed by atoms with Gasteiger partial charge in [-0.3, -0.25) is 14.9 Å². The number of carbonyl (C=O) groups is 1. The highest BCUT2D eigenvalue weighted by Crippen LogP contribution is 2.33. The molecule has 0 heterocycles. The molecule has 1 unspecified atom stereocenters. The number of phenols is 1. The van der Waals surface area contributed by atoms with Crippen LogP contribution in [0, 0.1) is 10.1 Å². The number of nitrogens with zero attached hydrogens (tertiary/aromatic N) is 2. The molecule has 9 nitrogen and oxygen atoms in total. The van der Waals surface area contributed by atoms with Crippen molar-refractivity contribution in [2.45, 2.75) is 33.1 Å². The molecule has 30 heavy (non-hydrogen) atoms. The standard InChI is InChI=1S/C21H25N3O6/c1-4-14(3)15-6-8-18(9-7-15)30-13-20(25)23-22-12-16-10-17(24(27)28)11-19(21(16)26)29-5-2/h6-12,14,26H,4-5,13H2,1-3H3,(H,23,25)/b22-12-. The number of rotatable bonds is 10. The molecule has 2 rings (SSSR count). The van der Waals surface area contributed by atoms with Crippen LogP contribution < -0.4 is 14.9 Å². The van der Waals surface area contributed by atoms with Crippen LogP contribution in [-0.4, -0.2) is 35.4 Å². The van der Waals surface area contributed by atoms with Gasteiger partial charge in [0.15, 0.2) is 18.1 Å². The van der Waals surface area contributed by atoms with Crippen LogP contribution in [-0.2, 0) is 4.79 Å². The highest BCUT2D eigenvalue weighted by molar-refractivity contribution is 5.87. The summed E-state index contributed by atoms with van der Waals surface area (Å²) in [6.07, 6.45) is 2.14. The number of phenolic OH excluding ortho intramolecular Hbond substituents is 1. The molecule has 2 aromatic carbocycles. The van der Waals surface area contributed by atoms with Gasteiger partial charge in [0.05, 0.1) is 23.8 Å². The van der Waals surface area contributed by atoms with Crippen LogP contribution >= 0.6 is 0 Å². The van der Waals surface area contributed by atoms with Crippen molar-refractivity contribution in [3.05, 3.63) is 57.6 Å². The van der Waals surface area contributed by atoms with E-state index < -0.39 is 10.8 Å². The zero-order valence-electron chi connectivity index (χ0n) is 17.1. The molecule has 0 bridgehead atoms. The summed E-state index contributed by atoms with van der Waals surface area (Å²) >= 11 is 0. The third kappa shape index (κ3) is 6.20. The van der Waals surface area contributed by atoms with Gasteiger partial charge in [-0.2, -0.15) is 5.10 Å². The lowest BCUT2D eigenvalue weighted by atomic mass is 9.99. The summed E-state index contributed by atoms with van der Waals surface area (Å²) in [7, 11) is 0. The lowest BCUT2D eigenvalue weighted by Gasteiger charge is -2.10. The van der Waals surface area contributed by atoms with E-state index in [0.717, 1.165) is 24.8 Å². The molecule has 0 saturated heterocycles. The van der Waals surface area contributed by atoms with Gasteiger partial charge < -0.3 is 14.6 Å². The average molecular weight is 415 g/mol. The van der Waals surface area contributed by atoms with E-state index in [1.165, 1.54) is 5.56 Å². The second-order valence-corrected chi connectivity index (χ2v) is 6.53. The molecule has 1 amide bonds. The van der Waals surface area contributed by atoms with Gasteiger partial charge in [0.1, 0.15) is 5.75 Å². The van der Waals surface area contributed by atoms with Crippen LogP contribution in [0.5, 0.6) is 17.2 Å². The maximum atomic E-state index is 11.9. The Morgan fingerprint density at radius 3 is 2.57 bits per heavy atom. The van der Waals surface area contributed by atoms with Gasteiger partial charge in [0.25, 0.3) is 11.6 Å². The van der Waals surface area contributed by atoms with Gasteiger partial charge in [0.2, 0.25) is 0 Å². The van der Waals surface area contributed by atoms with Crippen LogP contribution in [0.3, 0.4) is 0 Å². The smallest absolute Gasteiger partial charge is 0.277 e. The third-order valence-electron chi connectivity index (χ3n) is 4.42. The number of amides is 1. The van der Waals surface area contributed by atoms with E-state index in [1.807, 2.05) is 12.1 Å². The third-order valence-corrected chi connectivity index (χ3v) is 4.42. The maximum Gasteiger partial charge on any atom is 0.277 e. The Hall–Kier alpha value is -3.62. The highest BCUT2D eigenvalue weighted by atomic mass is 16.6. The first-order valence-corrected chi connectivity index (χ1v) is 9.54. The van der Waals surface area contributed by atoms with Gasteiger partial charge in [-0.25, -0.2) is 5.43 Å². The fourth-order valence-corrected chi connectivity index (χ4v) is 2.57. The van der Waals surface area contributed by atoms with Crippen molar-refractivity contribution in [1.29, 1.82) is 0 Å². The predicted octanol–water partition coefficient (Wildman–Crippen LogP) is 3.74. The van der Waals surface area contributed by atoms with Crippen molar-refractivity contribution in [1.82, 2.24) is 5.43 Å². The fraction of sp³-hybridized carbons (Fsp3) is 0.333. The molecule has 0 aliphatic carbocycles. The lowest BCUT2D eigenvalue weighted by Crippen LogP contribution is -2.24. The number of ether oxygens (including phenoxy) is 2. The van der Waals surface area contributed by atoms with Crippen molar-refractivity contribution in [3.63, 3.8) is 0 Å². The molecule has 9 heteroatoms. The molecular formula is C21H25N3O6. The van der Waals surface area contributed by atoms with E-state index >= 15 is 0 Å². The second kappa shape index (κ2) is 10.8. The molecule has 0 aliphatic rings. The Kier molecular flexibility index (Phi) is 8.16. The summed E-state index contributed by atoms with van der Waals surface area (Å²) < 4.78 is 10.6. The predicted molar refractivity (Wildman–Crippen MR) is 112 cm³/mol. The number of carbonyl (C=O) groups excluding carboxylic acids is 1. The minimum Gasteiger partial charge on any atom is -0.504 e. The number of non-ortho nitro benzene ring substituents is 1. The van der Waals surface area contributed by atoms with Crippen LogP contribution in [0.1, 0.15) is 44.2 Å². The SMILES string of the molecule is CCOc1cc([N+](=O)[O-])cc(/C=N\NC(=O)COc2ccc(C(C)CC)cc2)c1O. The Morgan fingerprint density at radius 2 is 1.97 bits per heavy atom. The van der Waals surface area contributed by atoms with Gasteiger partial charge in [0, 0.05) is 11.6 Å². The Labute approximate surface area is 174 Å². The quantitative estimate of drug-likeness (QED) is 0.346. The van der Waals surface area contributed by atoms with Crippen molar-refractivity contribution in [3.8, 4) is 17.2 Å². The maximum absolute atomic E-state index is 11.9. The molecule has 0 spiro atoms. The van der Waals surface area contributed by atoms with Crippen LogP contribution in [0.15, 0.2) is 41.5 Å². The van der Waals surface area contributed by atoms with E-state index in [-0.39, 0.29) is 36.0 Å². The number of nitrogens with one attached hydrogen (secondary N) is 1. The molecule has 2 aromatic rings. The molecule has 1 atom stereocenters. The number of hydrazone groups is 1. The van der Waals surface area contributed by atoms with E-state index in [9.17, 15) is 20.0 Å². The summed E-state index contributed by atoms with van der Waals surface area (Å²) in [4.78, 5) is 22.3. The number of benzene rings is 2. The topological polar surface area (TPSA) is 123 Å². The van der Waals surface area contributed by atoms with Crippen molar-refractivity contribution < 1.29 is 24.3 Å². The molecule has 0 fully saturated rings. The molecule has 0 saturated carbocycles. The normalized spacial score (nSPS) is 11.8. The number of hydrogen-bond acceptors (Lipinski definition) is 7. The zero-order valence-corrected chi connectivity index (χ0v) is 17.1. The largest absolute Gasteiger partial charge is 0.504 e. The average Bonchev–Trinajstić information content (AvgIpc) is 2.74. The molecule has 0 aromatic heterocycles. The van der Waals surface area contributed by atoms with Crippen molar-refractivity contribution >= 4 is 17.8 Å². The molecule has 2 N–H and O–H groups in total. The molecule has 160 valence electrons. The van der Waals surface area contributed by atoms with Gasteiger partial charge in [-0.05, 0) is 37.0 Å². The molecule has 0 aliphatic heterocycles. The van der Waals surface area contributed by atoms with Crippen LogP contribution in [0.2, 0.25) is 0 Å². The summed E-state index contributed by atoms with van der Waals surface area (Å²) in [5.41, 5.74) is 3.21. The van der Waals surface area contributed by atoms with E-state index in [0.29, 0.717) is 11.7 Å². The molecule has 0 radical (unpaired) electrons. The van der Waals surface area contributed by atoms with Gasteiger partial charge >= 0.3 is 0 Å². The van der Waals surface area contributed by atoms with Crippen molar-refractivity contribution in [2.75, 3.05) is 13.2 Å². The number of nitro groups is 1. The van der Waals surface area contributed by atoms with Crippen LogP contribution in [0.4, 0.5) is 5.69 Å². The Morgan fingerprint density at radius 1 is 1.27 bits per heavy atom. The summed E-state index contributed by atoms with van der Waals surface area (Å²) in [5, 5.41) is 24.9. The number of aromatic hydroxyl groups is 1. The van der Waals surface area contributed by atoms with E-state index in [2.05, 4.69) is 24.4 Å². The monoisotopic (exact) mass is 415 g/mol. The van der Waals surface area contributed by atoms with Crippen molar-refractivity contribution in [2.24, 2.45) is 5.10 Å². The summed E-state index contributed by atoms with van der Waals surface area (Å²) in [6.45, 7) is 5.90. The highest BCUT2D eigenvalue weighted by Gasteiger charge is 2.16. The summed E-state index contributed by atoms with van der Waals surface area (Å²) in [5.74, 6) is 0.137. The number of nitro benzene ring substituents is 1. The summed E-state index contributed by atoms with van der Waals surface area (Å²) in [6, 6.07) is 9.77. The first-order valence-electron chi connectivity index (χ1n) is 9.54. The first-order chi connectivity index (χ1) is 14.3. The zero-order chi connectivity index (χ0) is 22.1.